The highest BCUT2D eigenvalue weighted by molar-refractivity contribution is 6.68. The van der Waals surface area contributed by atoms with E-state index in [1.54, 1.807) is 13.8 Å². The van der Waals surface area contributed by atoms with Crippen LogP contribution < -0.4 is 0 Å². The third-order valence-corrected chi connectivity index (χ3v) is 1.55. The van der Waals surface area contributed by atoms with Crippen LogP contribution in [0.2, 0.25) is 0 Å². The Morgan fingerprint density at radius 2 is 1.93 bits per heavy atom. The Morgan fingerprint density at radius 1 is 1.33 bits per heavy atom. The number of hydrogen-bond donors (Lipinski definition) is 0. The molecule has 15 heavy (non-hydrogen) atoms. The second kappa shape index (κ2) is 7.23. The Balaban J connectivity index is 4.73. The minimum Gasteiger partial charge on any atom is -0.461 e. The molecule has 0 spiro atoms. The number of Topliss-reactive ketones (excluding diaryl/α,β-unsaturated/α-hetero) is 1. The third-order valence-electron chi connectivity index (χ3n) is 1.35. The fraction of sp³-hybridized carbons (Fsp3) is 0.667. The van der Waals surface area contributed by atoms with Crippen molar-refractivity contribution in [2.24, 2.45) is 5.16 Å². The van der Waals surface area contributed by atoms with Gasteiger partial charge in [0.1, 0.15) is 6.61 Å². The molecule has 0 aromatic rings. The second-order valence-electron chi connectivity index (χ2n) is 2.56. The smallest absolute Gasteiger partial charge is 0.364 e. The van der Waals surface area contributed by atoms with Crippen molar-refractivity contribution in [3.63, 3.8) is 0 Å². The summed E-state index contributed by atoms with van der Waals surface area (Å²) in [7, 11) is 0. The maximum absolute atomic E-state index is 11.4. The molecule has 0 rings (SSSR count). The first kappa shape index (κ1) is 13.9. The lowest BCUT2D eigenvalue weighted by atomic mass is 10.2. The monoisotopic (exact) mass is 235 g/mol. The number of esters is 1. The average molecular weight is 236 g/mol. The molecule has 0 aromatic carbocycles. The molecule has 0 N–H and O–H groups in total. The molecule has 0 fully saturated rings. The molecule has 0 amide bonds. The van der Waals surface area contributed by atoms with Gasteiger partial charge in [0.2, 0.25) is 11.5 Å². The van der Waals surface area contributed by atoms with E-state index in [0.717, 1.165) is 0 Å². The van der Waals surface area contributed by atoms with Gasteiger partial charge < -0.3 is 9.57 Å². The van der Waals surface area contributed by atoms with Gasteiger partial charge in [-0.05, 0) is 20.8 Å². The Morgan fingerprint density at radius 3 is 2.33 bits per heavy atom. The van der Waals surface area contributed by atoms with Crippen LogP contribution in [0.15, 0.2) is 5.16 Å². The Kier molecular flexibility index (Phi) is 6.70. The summed E-state index contributed by atoms with van der Waals surface area (Å²) in [6.07, 6.45) is 0. The third kappa shape index (κ3) is 4.78. The van der Waals surface area contributed by atoms with Gasteiger partial charge in [0.05, 0.1) is 12.0 Å². The standard InChI is InChI=1S/C9H14ClNO4/c1-4-14-9(13)7(11-15-5-2)8(12)6(3)10/h6H,4-5H2,1-3H3/b11-7-. The molecule has 0 saturated heterocycles. The van der Waals surface area contributed by atoms with E-state index in [4.69, 9.17) is 11.6 Å². The summed E-state index contributed by atoms with van der Waals surface area (Å²) in [5.74, 6) is -1.42. The van der Waals surface area contributed by atoms with Crippen molar-refractivity contribution in [1.29, 1.82) is 0 Å². The van der Waals surface area contributed by atoms with Gasteiger partial charge in [-0.3, -0.25) is 4.79 Å². The second-order valence-corrected chi connectivity index (χ2v) is 3.21. The highest BCUT2D eigenvalue weighted by Gasteiger charge is 2.26. The topological polar surface area (TPSA) is 65.0 Å². The lowest BCUT2D eigenvalue weighted by molar-refractivity contribution is -0.136. The number of carbonyl (C=O) groups is 2. The molecule has 0 aliphatic rings. The van der Waals surface area contributed by atoms with Crippen LogP contribution in [-0.4, -0.2) is 36.1 Å². The molecule has 1 atom stereocenters. The first-order valence-electron chi connectivity index (χ1n) is 4.59. The van der Waals surface area contributed by atoms with E-state index in [9.17, 15) is 9.59 Å². The Hall–Kier alpha value is -1.10. The zero-order valence-electron chi connectivity index (χ0n) is 8.95. The normalized spacial score (nSPS) is 13.2. The summed E-state index contributed by atoms with van der Waals surface area (Å²) in [5, 5.41) is 2.55. The van der Waals surface area contributed by atoms with E-state index >= 15 is 0 Å². The van der Waals surface area contributed by atoms with Crippen molar-refractivity contribution >= 4 is 29.1 Å². The highest BCUT2D eigenvalue weighted by atomic mass is 35.5. The summed E-state index contributed by atoms with van der Waals surface area (Å²) < 4.78 is 4.64. The fourth-order valence-electron chi connectivity index (χ4n) is 0.700. The minimum absolute atomic E-state index is 0.161. The molecular weight excluding hydrogens is 222 g/mol. The van der Waals surface area contributed by atoms with Crippen molar-refractivity contribution in [3.05, 3.63) is 0 Å². The van der Waals surface area contributed by atoms with E-state index in [2.05, 4.69) is 14.7 Å². The number of hydrogen-bond acceptors (Lipinski definition) is 5. The summed E-state index contributed by atoms with van der Waals surface area (Å²) >= 11 is 5.55. The summed E-state index contributed by atoms with van der Waals surface area (Å²) in [6, 6.07) is 0. The molecule has 0 saturated carbocycles. The lowest BCUT2D eigenvalue weighted by Gasteiger charge is -2.05. The van der Waals surface area contributed by atoms with Gasteiger partial charge in [-0.2, -0.15) is 0 Å². The zero-order valence-corrected chi connectivity index (χ0v) is 9.71. The maximum Gasteiger partial charge on any atom is 0.364 e. The zero-order chi connectivity index (χ0) is 11.8. The number of rotatable bonds is 6. The molecular formula is C9H14ClNO4. The molecule has 1 unspecified atom stereocenters. The minimum atomic E-state index is -0.839. The SMILES string of the molecule is CCO/N=C(\C(=O)OCC)C(=O)C(C)Cl. The van der Waals surface area contributed by atoms with Crippen LogP contribution in [0.25, 0.3) is 0 Å². The first-order chi connectivity index (χ1) is 7.04. The van der Waals surface area contributed by atoms with Gasteiger partial charge in [-0.1, -0.05) is 5.16 Å². The van der Waals surface area contributed by atoms with Crippen LogP contribution >= 0.6 is 11.6 Å². The maximum atomic E-state index is 11.4. The van der Waals surface area contributed by atoms with Crippen molar-refractivity contribution in [1.82, 2.24) is 0 Å². The van der Waals surface area contributed by atoms with Crippen LogP contribution in [0, 0.1) is 0 Å². The number of oxime groups is 1. The van der Waals surface area contributed by atoms with Crippen LogP contribution in [0.5, 0.6) is 0 Å². The van der Waals surface area contributed by atoms with Crippen LogP contribution in [0.3, 0.4) is 0 Å². The Bertz CT molecular complexity index is 263. The number of halogens is 1. The lowest BCUT2D eigenvalue weighted by Crippen LogP contribution is -2.31. The largest absolute Gasteiger partial charge is 0.461 e. The van der Waals surface area contributed by atoms with Crippen molar-refractivity contribution < 1.29 is 19.2 Å². The van der Waals surface area contributed by atoms with Crippen LogP contribution in [-0.2, 0) is 19.2 Å². The van der Waals surface area contributed by atoms with Gasteiger partial charge in [-0.15, -0.1) is 11.6 Å². The summed E-state index contributed by atoms with van der Waals surface area (Å²) in [5.41, 5.74) is -0.402. The van der Waals surface area contributed by atoms with Crippen molar-refractivity contribution in [2.45, 2.75) is 26.1 Å². The molecule has 5 nitrogen and oxygen atoms in total. The average Bonchev–Trinajstić information content (AvgIpc) is 2.18. The molecule has 86 valence electrons. The van der Waals surface area contributed by atoms with Gasteiger partial charge >= 0.3 is 5.97 Å². The van der Waals surface area contributed by atoms with Crippen LogP contribution in [0.1, 0.15) is 20.8 Å². The quantitative estimate of drug-likeness (QED) is 0.228. The molecule has 0 heterocycles. The van der Waals surface area contributed by atoms with E-state index in [1.807, 2.05) is 0 Å². The van der Waals surface area contributed by atoms with Crippen molar-refractivity contribution in [3.8, 4) is 0 Å². The van der Waals surface area contributed by atoms with Crippen molar-refractivity contribution in [2.75, 3.05) is 13.2 Å². The van der Waals surface area contributed by atoms with Crippen LogP contribution in [0.4, 0.5) is 0 Å². The predicted octanol–water partition coefficient (Wildman–Crippen LogP) is 1.14. The van der Waals surface area contributed by atoms with Gasteiger partial charge in [-0.25, -0.2) is 4.79 Å². The molecule has 0 aromatic heterocycles. The van der Waals surface area contributed by atoms with E-state index in [-0.39, 0.29) is 13.2 Å². The van der Waals surface area contributed by atoms with E-state index in [0.29, 0.717) is 0 Å². The molecule has 6 heteroatoms. The highest BCUT2D eigenvalue weighted by Crippen LogP contribution is 2.00. The fourth-order valence-corrected chi connectivity index (χ4v) is 0.803. The van der Waals surface area contributed by atoms with E-state index in [1.165, 1.54) is 6.92 Å². The number of ether oxygens (including phenoxy) is 1. The molecule has 0 radical (unpaired) electrons. The first-order valence-corrected chi connectivity index (χ1v) is 5.03. The number of nitrogens with zero attached hydrogens (tertiary/aromatic N) is 1. The Labute approximate surface area is 93.4 Å². The van der Waals surface area contributed by atoms with Gasteiger partial charge in [0, 0.05) is 0 Å². The predicted molar refractivity (Wildman–Crippen MR) is 56.0 cm³/mol. The van der Waals surface area contributed by atoms with Gasteiger partial charge in [0.25, 0.3) is 0 Å². The van der Waals surface area contributed by atoms with E-state index < -0.39 is 22.8 Å². The number of alkyl halides is 1. The number of ketones is 1. The summed E-state index contributed by atoms with van der Waals surface area (Å²) in [6.45, 7) is 5.18. The van der Waals surface area contributed by atoms with Gasteiger partial charge in [0.15, 0.2) is 0 Å². The molecule has 0 aliphatic heterocycles. The molecule has 0 bridgehead atoms. The number of carbonyl (C=O) groups excluding carboxylic acids is 2. The molecule has 0 aliphatic carbocycles. The summed E-state index contributed by atoms with van der Waals surface area (Å²) in [4.78, 5) is 27.3.